The number of rotatable bonds is 6. The van der Waals surface area contributed by atoms with Crippen molar-refractivity contribution in [3.63, 3.8) is 0 Å². The molecule has 0 saturated carbocycles. The van der Waals surface area contributed by atoms with E-state index in [0.29, 0.717) is 16.8 Å². The van der Waals surface area contributed by atoms with Gasteiger partial charge in [0.2, 0.25) is 0 Å². The van der Waals surface area contributed by atoms with Crippen molar-refractivity contribution in [3.05, 3.63) is 72.7 Å². The quantitative estimate of drug-likeness (QED) is 0.621. The van der Waals surface area contributed by atoms with Crippen molar-refractivity contribution < 1.29 is 8.42 Å². The minimum absolute atomic E-state index is 0.208. The first kappa shape index (κ1) is 18.7. The van der Waals surface area contributed by atoms with Gasteiger partial charge in [0.25, 0.3) is 10.0 Å². The highest BCUT2D eigenvalue weighted by atomic mass is 32.2. The van der Waals surface area contributed by atoms with Crippen LogP contribution in [0.15, 0.2) is 66.4 Å². The molecule has 2 aromatic heterocycles. The average Bonchev–Trinajstić information content (AvgIpc) is 3.19. The lowest BCUT2D eigenvalue weighted by molar-refractivity contribution is 0.602. The number of anilines is 1. The van der Waals surface area contributed by atoms with Crippen LogP contribution in [-0.2, 0) is 10.0 Å². The summed E-state index contributed by atoms with van der Waals surface area (Å²) in [7, 11) is -3.76. The molecule has 0 amide bonds. The normalized spacial score (nSPS) is 12.8. The van der Waals surface area contributed by atoms with Gasteiger partial charge in [0.1, 0.15) is 4.90 Å². The molecule has 1 aromatic carbocycles. The lowest BCUT2D eigenvalue weighted by Crippen LogP contribution is -2.13. The van der Waals surface area contributed by atoms with Crippen LogP contribution in [0.2, 0.25) is 0 Å². The third kappa shape index (κ3) is 3.59. The van der Waals surface area contributed by atoms with Gasteiger partial charge in [-0.3, -0.25) is 4.72 Å². The summed E-state index contributed by atoms with van der Waals surface area (Å²) in [6.07, 6.45) is 10.2. The van der Waals surface area contributed by atoms with E-state index in [-0.39, 0.29) is 4.90 Å². The fourth-order valence-electron chi connectivity index (χ4n) is 2.89. The zero-order valence-corrected chi connectivity index (χ0v) is 16.3. The van der Waals surface area contributed by atoms with E-state index in [2.05, 4.69) is 21.4 Å². The maximum Gasteiger partial charge on any atom is 0.264 e. The molecular weight excluding hydrogens is 360 g/mol. The fraction of sp³-hybridized carbons (Fsp3) is 0.150. The molecule has 0 aliphatic carbocycles. The summed E-state index contributed by atoms with van der Waals surface area (Å²) in [6.45, 7) is 9.38. The zero-order chi connectivity index (χ0) is 19.6. The topological polar surface area (TPSA) is 79.8 Å². The van der Waals surface area contributed by atoms with Crippen LogP contribution >= 0.6 is 0 Å². The summed E-state index contributed by atoms with van der Waals surface area (Å²) in [5.41, 5.74) is 3.74. The van der Waals surface area contributed by atoms with Gasteiger partial charge in [0, 0.05) is 17.1 Å². The Kier molecular flexibility index (Phi) is 5.05. The fourth-order valence-corrected chi connectivity index (χ4v) is 4.18. The maximum absolute atomic E-state index is 12.9. The Morgan fingerprint density at radius 1 is 1.33 bits per heavy atom. The van der Waals surface area contributed by atoms with Gasteiger partial charge in [-0.15, -0.1) is 0 Å². The van der Waals surface area contributed by atoms with E-state index in [1.807, 2.05) is 51.1 Å². The number of fused-ring (bicyclic) bond motifs is 1. The predicted octanol–water partition coefficient (Wildman–Crippen LogP) is 4.39. The molecule has 3 aromatic rings. The summed E-state index contributed by atoms with van der Waals surface area (Å²) in [4.78, 5) is 3.23. The Hall–Kier alpha value is -3.06. The van der Waals surface area contributed by atoms with Gasteiger partial charge in [-0.05, 0) is 44.6 Å². The number of hydrogen-bond acceptors (Lipinski definition) is 3. The number of H-pyrrole nitrogens is 1. The first-order valence-corrected chi connectivity index (χ1v) is 9.96. The Morgan fingerprint density at radius 3 is 2.81 bits per heavy atom. The number of benzene rings is 1. The molecule has 0 radical (unpaired) electrons. The Morgan fingerprint density at radius 2 is 2.11 bits per heavy atom. The highest BCUT2D eigenvalue weighted by Crippen LogP contribution is 2.27. The number of nitrogens with zero attached hydrogens (tertiary/aromatic N) is 2. The number of aromatic amines is 1. The van der Waals surface area contributed by atoms with Crippen molar-refractivity contribution in [2.24, 2.45) is 0 Å². The smallest absolute Gasteiger partial charge is 0.264 e. The van der Waals surface area contributed by atoms with Crippen molar-refractivity contribution in [1.29, 1.82) is 0 Å². The molecule has 2 heterocycles. The molecule has 27 heavy (non-hydrogen) atoms. The molecule has 0 spiro atoms. The molecule has 3 rings (SSSR count). The minimum Gasteiger partial charge on any atom is -0.360 e. The second kappa shape index (κ2) is 7.28. The number of sulfonamides is 1. The lowest BCUT2D eigenvalue weighted by atomic mass is 10.2. The Labute approximate surface area is 159 Å². The van der Waals surface area contributed by atoms with Crippen LogP contribution in [0.5, 0.6) is 0 Å². The van der Waals surface area contributed by atoms with Crippen molar-refractivity contribution in [3.8, 4) is 0 Å². The van der Waals surface area contributed by atoms with E-state index in [1.165, 1.54) is 12.4 Å². The molecule has 0 aliphatic heterocycles. The van der Waals surface area contributed by atoms with Gasteiger partial charge in [0.05, 0.1) is 23.3 Å². The van der Waals surface area contributed by atoms with E-state index in [0.717, 1.165) is 16.8 Å². The standard InChI is InChI=1S/C20H22N4O2S/c1-5-7-16(8-6-2)24-15(4)19(12-22-24)23-27(25,26)20-13-21-18-11-14(3)9-10-17(18)20/h5-13,21,23H,1H2,2-4H3/b8-6-,16-7+. The van der Waals surface area contributed by atoms with Crippen LogP contribution in [0.3, 0.4) is 0 Å². The van der Waals surface area contributed by atoms with Gasteiger partial charge < -0.3 is 4.98 Å². The first-order chi connectivity index (χ1) is 12.9. The highest BCUT2D eigenvalue weighted by molar-refractivity contribution is 7.93. The SMILES string of the molecule is C=C/C=C(\C=C/C)n1ncc(NS(=O)(=O)c2c[nH]c3cc(C)ccc23)c1C. The molecule has 2 N–H and O–H groups in total. The van der Waals surface area contributed by atoms with Gasteiger partial charge in [-0.2, -0.15) is 5.10 Å². The maximum atomic E-state index is 12.9. The van der Waals surface area contributed by atoms with Gasteiger partial charge >= 0.3 is 0 Å². The summed E-state index contributed by atoms with van der Waals surface area (Å²) in [6, 6.07) is 5.62. The van der Waals surface area contributed by atoms with Crippen LogP contribution in [0.25, 0.3) is 16.6 Å². The molecule has 0 aliphatic rings. The van der Waals surface area contributed by atoms with Crippen LogP contribution in [-0.4, -0.2) is 23.2 Å². The zero-order valence-electron chi connectivity index (χ0n) is 15.5. The van der Waals surface area contributed by atoms with E-state index in [4.69, 9.17) is 0 Å². The van der Waals surface area contributed by atoms with E-state index >= 15 is 0 Å². The Bertz CT molecular complexity index is 1160. The highest BCUT2D eigenvalue weighted by Gasteiger charge is 2.21. The number of aryl methyl sites for hydroxylation is 1. The lowest BCUT2D eigenvalue weighted by Gasteiger charge is -2.08. The molecule has 140 valence electrons. The molecule has 0 saturated heterocycles. The van der Waals surface area contributed by atoms with Crippen LogP contribution in [0.1, 0.15) is 18.2 Å². The Balaban J connectivity index is 1.99. The van der Waals surface area contributed by atoms with Crippen molar-refractivity contribution in [2.45, 2.75) is 25.7 Å². The van der Waals surface area contributed by atoms with Gasteiger partial charge in [-0.1, -0.05) is 30.9 Å². The van der Waals surface area contributed by atoms with E-state index in [1.54, 1.807) is 16.8 Å². The minimum atomic E-state index is -3.76. The number of hydrogen-bond donors (Lipinski definition) is 2. The largest absolute Gasteiger partial charge is 0.360 e. The van der Waals surface area contributed by atoms with Gasteiger partial charge in [0.15, 0.2) is 0 Å². The van der Waals surface area contributed by atoms with E-state index < -0.39 is 10.0 Å². The summed E-state index contributed by atoms with van der Waals surface area (Å²) in [5, 5.41) is 4.96. The van der Waals surface area contributed by atoms with Crippen molar-refractivity contribution in [2.75, 3.05) is 4.72 Å². The van der Waals surface area contributed by atoms with Crippen LogP contribution in [0.4, 0.5) is 5.69 Å². The molecule has 7 heteroatoms. The van der Waals surface area contributed by atoms with E-state index in [9.17, 15) is 8.42 Å². The summed E-state index contributed by atoms with van der Waals surface area (Å²) < 4.78 is 30.2. The molecule has 0 unspecified atom stereocenters. The number of nitrogens with one attached hydrogen (secondary N) is 2. The molecule has 0 bridgehead atoms. The summed E-state index contributed by atoms with van der Waals surface area (Å²) in [5.74, 6) is 0. The summed E-state index contributed by atoms with van der Waals surface area (Å²) >= 11 is 0. The molecule has 6 nitrogen and oxygen atoms in total. The average molecular weight is 382 g/mol. The van der Waals surface area contributed by atoms with Gasteiger partial charge in [-0.25, -0.2) is 13.1 Å². The monoisotopic (exact) mass is 382 g/mol. The first-order valence-electron chi connectivity index (χ1n) is 8.48. The number of aromatic nitrogens is 3. The molecular formula is C20H22N4O2S. The van der Waals surface area contributed by atoms with Crippen LogP contribution in [0, 0.1) is 13.8 Å². The van der Waals surface area contributed by atoms with Crippen molar-refractivity contribution in [1.82, 2.24) is 14.8 Å². The van der Waals surface area contributed by atoms with Crippen molar-refractivity contribution >= 4 is 32.3 Å². The molecule has 0 atom stereocenters. The number of allylic oxidation sites excluding steroid dienone is 5. The second-order valence-corrected chi connectivity index (χ2v) is 7.84. The third-order valence-electron chi connectivity index (χ3n) is 4.21. The molecule has 0 fully saturated rings. The van der Waals surface area contributed by atoms with Crippen LogP contribution < -0.4 is 4.72 Å². The third-order valence-corrected chi connectivity index (χ3v) is 5.62. The predicted molar refractivity (Wildman–Crippen MR) is 110 cm³/mol. The second-order valence-electron chi connectivity index (χ2n) is 6.19.